The molecule has 0 radical (unpaired) electrons. The van der Waals surface area contributed by atoms with E-state index in [1.54, 1.807) is 0 Å². The largest absolute Gasteiger partial charge is 0.393 e. The van der Waals surface area contributed by atoms with Crippen molar-refractivity contribution in [2.24, 2.45) is 17.6 Å². The predicted octanol–water partition coefficient (Wildman–Crippen LogP) is 1.46. The molecule has 1 fully saturated rings. The van der Waals surface area contributed by atoms with Crippen LogP contribution < -0.4 is 5.73 Å². The third-order valence-corrected chi connectivity index (χ3v) is 3.65. The van der Waals surface area contributed by atoms with Crippen molar-refractivity contribution in [3.05, 3.63) is 0 Å². The molecule has 1 amide bonds. The van der Waals surface area contributed by atoms with E-state index >= 15 is 0 Å². The first-order valence-corrected chi connectivity index (χ1v) is 6.49. The summed E-state index contributed by atoms with van der Waals surface area (Å²) in [5.74, 6) is 0.572. The van der Waals surface area contributed by atoms with Gasteiger partial charge in [0.15, 0.2) is 0 Å². The molecule has 1 saturated carbocycles. The molecule has 0 atom stereocenters. The lowest BCUT2D eigenvalue weighted by Gasteiger charge is -2.28. The zero-order chi connectivity index (χ0) is 12.9. The highest BCUT2D eigenvalue weighted by Gasteiger charge is 2.25. The third-order valence-electron chi connectivity index (χ3n) is 3.65. The van der Waals surface area contributed by atoms with Crippen LogP contribution in [-0.2, 0) is 9.53 Å². The molecule has 4 heteroatoms. The Balaban J connectivity index is 2.16. The predicted molar refractivity (Wildman–Crippen MR) is 66.4 cm³/mol. The second-order valence-electron chi connectivity index (χ2n) is 5.67. The lowest BCUT2D eigenvalue weighted by atomic mass is 9.80. The fourth-order valence-electron chi connectivity index (χ4n) is 2.28. The number of rotatable bonds is 6. The van der Waals surface area contributed by atoms with Crippen LogP contribution in [-0.4, -0.2) is 29.8 Å². The van der Waals surface area contributed by atoms with Gasteiger partial charge in [-0.25, -0.2) is 0 Å². The van der Waals surface area contributed by atoms with Gasteiger partial charge in [0.1, 0.15) is 0 Å². The van der Waals surface area contributed by atoms with Crippen molar-refractivity contribution in [3.63, 3.8) is 0 Å². The van der Waals surface area contributed by atoms with Crippen molar-refractivity contribution in [3.8, 4) is 0 Å². The summed E-state index contributed by atoms with van der Waals surface area (Å²) in [5, 5.41) is 9.05. The molecule has 4 nitrogen and oxygen atoms in total. The van der Waals surface area contributed by atoms with E-state index < -0.39 is 5.60 Å². The minimum absolute atomic E-state index is 0.0431. The summed E-state index contributed by atoms with van der Waals surface area (Å²) in [6.45, 7) is 4.49. The van der Waals surface area contributed by atoms with Crippen molar-refractivity contribution in [2.45, 2.75) is 51.6 Å². The smallest absolute Gasteiger partial charge is 0.220 e. The maximum atomic E-state index is 11.0. The van der Waals surface area contributed by atoms with E-state index in [1.165, 1.54) is 0 Å². The normalized spacial score (nSPS) is 25.8. The number of carbonyl (C=O) groups excluding carboxylic acids is 1. The van der Waals surface area contributed by atoms with Gasteiger partial charge in [-0.15, -0.1) is 0 Å². The van der Waals surface area contributed by atoms with Crippen molar-refractivity contribution in [1.82, 2.24) is 0 Å². The number of nitrogens with two attached hydrogens (primary N) is 1. The number of amides is 1. The number of ether oxygens (including phenoxy) is 1. The van der Waals surface area contributed by atoms with Crippen LogP contribution in [0.15, 0.2) is 0 Å². The average molecular weight is 243 g/mol. The summed E-state index contributed by atoms with van der Waals surface area (Å²) >= 11 is 0. The highest BCUT2D eigenvalue weighted by atomic mass is 16.5. The monoisotopic (exact) mass is 243 g/mol. The van der Waals surface area contributed by atoms with Gasteiger partial charge >= 0.3 is 0 Å². The molecule has 0 unspecified atom stereocenters. The molecular formula is C13H25NO3. The van der Waals surface area contributed by atoms with Gasteiger partial charge in [-0.3, -0.25) is 4.79 Å². The van der Waals surface area contributed by atoms with Gasteiger partial charge in [-0.2, -0.15) is 0 Å². The van der Waals surface area contributed by atoms with Crippen molar-refractivity contribution < 1.29 is 14.6 Å². The van der Waals surface area contributed by atoms with Gasteiger partial charge in [-0.05, 0) is 51.9 Å². The van der Waals surface area contributed by atoms with E-state index in [1.807, 2.05) is 13.8 Å². The number of primary amides is 1. The minimum atomic E-state index is -0.440. The molecule has 0 saturated heterocycles. The number of hydrogen-bond acceptors (Lipinski definition) is 3. The lowest BCUT2D eigenvalue weighted by molar-refractivity contribution is -0.123. The third kappa shape index (κ3) is 5.04. The average Bonchev–Trinajstić information content (AvgIpc) is 2.29. The van der Waals surface area contributed by atoms with Crippen molar-refractivity contribution >= 4 is 5.91 Å². The number of aliphatic hydroxyl groups excluding tert-OH is 1. The first-order valence-electron chi connectivity index (χ1n) is 6.49. The van der Waals surface area contributed by atoms with Crippen LogP contribution in [0.1, 0.15) is 46.0 Å². The molecule has 3 N–H and O–H groups in total. The number of hydrogen-bond donors (Lipinski definition) is 2. The van der Waals surface area contributed by atoms with Gasteiger partial charge in [0.25, 0.3) is 0 Å². The molecule has 0 spiro atoms. The molecule has 100 valence electrons. The molecular weight excluding hydrogens is 218 g/mol. The summed E-state index contributed by atoms with van der Waals surface area (Å²) in [5.41, 5.74) is 4.86. The van der Waals surface area contributed by atoms with Crippen LogP contribution in [0, 0.1) is 11.8 Å². The Morgan fingerprint density at radius 2 is 1.94 bits per heavy atom. The van der Waals surface area contributed by atoms with Gasteiger partial charge in [-0.1, -0.05) is 0 Å². The molecule has 0 bridgehead atoms. The van der Waals surface area contributed by atoms with E-state index in [2.05, 4.69) is 0 Å². The summed E-state index contributed by atoms with van der Waals surface area (Å²) in [7, 11) is 0. The lowest BCUT2D eigenvalue weighted by Crippen LogP contribution is -2.31. The van der Waals surface area contributed by atoms with Crippen LogP contribution in [0.2, 0.25) is 0 Å². The second kappa shape index (κ2) is 6.36. The Morgan fingerprint density at radius 3 is 2.41 bits per heavy atom. The Bertz CT molecular complexity index is 245. The minimum Gasteiger partial charge on any atom is -0.393 e. The quantitative estimate of drug-likeness (QED) is 0.741. The maximum absolute atomic E-state index is 11.0. The second-order valence-corrected chi connectivity index (χ2v) is 5.67. The van der Waals surface area contributed by atoms with E-state index in [-0.39, 0.29) is 18.4 Å². The molecule has 0 aliphatic heterocycles. The first kappa shape index (κ1) is 14.5. The summed E-state index contributed by atoms with van der Waals surface area (Å²) in [4.78, 5) is 11.0. The van der Waals surface area contributed by atoms with E-state index in [0.717, 1.165) is 32.1 Å². The van der Waals surface area contributed by atoms with Crippen LogP contribution in [0.25, 0.3) is 0 Å². The molecule has 17 heavy (non-hydrogen) atoms. The zero-order valence-electron chi connectivity index (χ0n) is 10.9. The highest BCUT2D eigenvalue weighted by Crippen LogP contribution is 2.30. The topological polar surface area (TPSA) is 72.6 Å². The Morgan fingerprint density at radius 1 is 1.35 bits per heavy atom. The van der Waals surface area contributed by atoms with E-state index in [4.69, 9.17) is 15.6 Å². The van der Waals surface area contributed by atoms with Gasteiger partial charge in [0, 0.05) is 12.5 Å². The van der Waals surface area contributed by atoms with Gasteiger partial charge in [0.05, 0.1) is 12.2 Å². The summed E-state index contributed by atoms with van der Waals surface area (Å²) in [6, 6.07) is 0. The maximum Gasteiger partial charge on any atom is 0.220 e. The summed E-state index contributed by atoms with van der Waals surface area (Å²) in [6.07, 6.45) is 4.98. The Hall–Kier alpha value is -0.610. The van der Waals surface area contributed by atoms with Crippen molar-refractivity contribution in [2.75, 3.05) is 13.2 Å². The fraction of sp³-hybridized carbons (Fsp3) is 0.923. The molecule has 0 aromatic carbocycles. The Labute approximate surface area is 104 Å². The first-order chi connectivity index (χ1) is 7.94. The Kier molecular flexibility index (Phi) is 5.40. The van der Waals surface area contributed by atoms with Crippen LogP contribution in [0.4, 0.5) is 0 Å². The van der Waals surface area contributed by atoms with E-state index in [0.29, 0.717) is 12.5 Å². The summed E-state index contributed by atoms with van der Waals surface area (Å²) < 4.78 is 5.61. The van der Waals surface area contributed by atoms with Crippen LogP contribution in [0.5, 0.6) is 0 Å². The fourth-order valence-corrected chi connectivity index (χ4v) is 2.28. The molecule has 0 heterocycles. The van der Waals surface area contributed by atoms with Gasteiger partial charge in [0.2, 0.25) is 5.91 Å². The van der Waals surface area contributed by atoms with Crippen LogP contribution in [0.3, 0.4) is 0 Å². The van der Waals surface area contributed by atoms with E-state index in [9.17, 15) is 4.79 Å². The standard InChI is InChI=1S/C13H25NO3/c1-13(2,9-15)17-8-7-10-3-5-11(6-4-10)12(14)16/h10-11,15H,3-9H2,1-2H3,(H2,14,16). The SMILES string of the molecule is CC(C)(CO)OCCC1CCC(C(N)=O)CC1. The molecule has 0 aromatic heterocycles. The van der Waals surface area contributed by atoms with Gasteiger partial charge < -0.3 is 15.6 Å². The molecule has 1 rings (SSSR count). The molecule has 1 aliphatic rings. The zero-order valence-corrected chi connectivity index (χ0v) is 10.9. The molecule has 0 aromatic rings. The van der Waals surface area contributed by atoms with Crippen LogP contribution >= 0.6 is 0 Å². The van der Waals surface area contributed by atoms with Crippen molar-refractivity contribution in [1.29, 1.82) is 0 Å². The number of carbonyl (C=O) groups is 1. The highest BCUT2D eigenvalue weighted by molar-refractivity contribution is 5.76. The molecule has 1 aliphatic carbocycles. The number of aliphatic hydroxyl groups is 1.